The van der Waals surface area contributed by atoms with Crippen molar-refractivity contribution in [1.82, 2.24) is 0 Å². The molecule has 1 aromatic rings. The lowest BCUT2D eigenvalue weighted by Crippen LogP contribution is -2.48. The van der Waals surface area contributed by atoms with E-state index in [1.165, 1.54) is 7.11 Å². The summed E-state index contributed by atoms with van der Waals surface area (Å²) in [5.41, 5.74) is 0.807. The van der Waals surface area contributed by atoms with Crippen LogP contribution in [0.4, 0.5) is 5.69 Å². The number of carbonyl (C=O) groups is 2. The monoisotopic (exact) mass is 247 g/mol. The third kappa shape index (κ3) is 2.10. The molecule has 0 aliphatic heterocycles. The molecular weight excluding hydrogens is 230 g/mol. The summed E-state index contributed by atoms with van der Waals surface area (Å²) in [6.45, 7) is 1.95. The van der Waals surface area contributed by atoms with Crippen molar-refractivity contribution < 1.29 is 14.3 Å². The maximum atomic E-state index is 12.2. The quantitative estimate of drug-likeness (QED) is 0.658. The van der Waals surface area contributed by atoms with Gasteiger partial charge in [-0.2, -0.15) is 0 Å². The van der Waals surface area contributed by atoms with E-state index in [-0.39, 0.29) is 5.91 Å². The van der Waals surface area contributed by atoms with Crippen molar-refractivity contribution in [1.29, 1.82) is 0 Å². The van der Waals surface area contributed by atoms with E-state index >= 15 is 0 Å². The number of hydrogen-bond donors (Lipinski definition) is 1. The van der Waals surface area contributed by atoms with Gasteiger partial charge in [0.25, 0.3) is 0 Å². The van der Waals surface area contributed by atoms with Gasteiger partial charge in [-0.05, 0) is 37.5 Å². The highest BCUT2D eigenvalue weighted by Crippen LogP contribution is 2.42. The first-order valence-corrected chi connectivity index (χ1v) is 6.05. The fourth-order valence-electron chi connectivity index (χ4n) is 2.22. The van der Waals surface area contributed by atoms with Crippen molar-refractivity contribution in [2.75, 3.05) is 12.4 Å². The van der Waals surface area contributed by atoms with Gasteiger partial charge < -0.3 is 10.1 Å². The molecule has 1 N–H and O–H groups in total. The molecule has 1 fully saturated rings. The van der Waals surface area contributed by atoms with Crippen LogP contribution in [0.15, 0.2) is 24.3 Å². The summed E-state index contributed by atoms with van der Waals surface area (Å²) in [7, 11) is 1.32. The van der Waals surface area contributed by atoms with Gasteiger partial charge in [0.1, 0.15) is 5.41 Å². The molecule has 0 spiro atoms. The number of rotatable bonds is 3. The molecule has 1 saturated carbocycles. The fraction of sp³-hybridized carbons (Fsp3) is 0.429. The molecule has 0 bridgehead atoms. The summed E-state index contributed by atoms with van der Waals surface area (Å²) in [6.07, 6.45) is 2.02. The van der Waals surface area contributed by atoms with Crippen LogP contribution in [0.5, 0.6) is 0 Å². The van der Waals surface area contributed by atoms with Crippen molar-refractivity contribution >= 4 is 17.6 Å². The molecular formula is C14H17NO3. The summed E-state index contributed by atoms with van der Waals surface area (Å²) in [5, 5.41) is 2.80. The minimum atomic E-state index is -0.974. The molecule has 18 heavy (non-hydrogen) atoms. The number of methoxy groups -OCH3 is 1. The van der Waals surface area contributed by atoms with E-state index in [0.29, 0.717) is 12.8 Å². The first-order chi connectivity index (χ1) is 8.58. The Bertz CT molecular complexity index is 478. The minimum Gasteiger partial charge on any atom is -0.468 e. The molecule has 0 radical (unpaired) electrons. The molecule has 96 valence electrons. The highest BCUT2D eigenvalue weighted by molar-refractivity contribution is 6.09. The van der Waals surface area contributed by atoms with Gasteiger partial charge in [-0.25, -0.2) is 0 Å². The van der Waals surface area contributed by atoms with Gasteiger partial charge >= 0.3 is 5.97 Å². The lowest BCUT2D eigenvalue weighted by atomic mass is 9.68. The second kappa shape index (κ2) is 4.80. The van der Waals surface area contributed by atoms with Gasteiger partial charge in [0.05, 0.1) is 7.11 Å². The Balaban J connectivity index is 2.14. The van der Waals surface area contributed by atoms with Crippen LogP contribution in [-0.4, -0.2) is 19.0 Å². The molecule has 1 amide bonds. The number of ether oxygens (including phenoxy) is 1. The van der Waals surface area contributed by atoms with Crippen LogP contribution in [0, 0.1) is 12.3 Å². The van der Waals surface area contributed by atoms with Crippen LogP contribution in [0.2, 0.25) is 0 Å². The van der Waals surface area contributed by atoms with E-state index in [0.717, 1.165) is 17.7 Å². The molecule has 4 nitrogen and oxygen atoms in total. The number of anilines is 1. The number of amides is 1. The molecule has 2 rings (SSSR count). The van der Waals surface area contributed by atoms with Crippen molar-refractivity contribution in [2.45, 2.75) is 26.2 Å². The Kier molecular flexibility index (Phi) is 3.36. The van der Waals surface area contributed by atoms with Crippen LogP contribution >= 0.6 is 0 Å². The Labute approximate surface area is 106 Å². The summed E-state index contributed by atoms with van der Waals surface area (Å²) < 4.78 is 4.74. The number of carbonyl (C=O) groups excluding carboxylic acids is 2. The number of hydrogen-bond acceptors (Lipinski definition) is 3. The molecule has 1 aromatic carbocycles. The van der Waals surface area contributed by atoms with Crippen molar-refractivity contribution in [3.63, 3.8) is 0 Å². The molecule has 0 aromatic heterocycles. The average molecular weight is 247 g/mol. The molecule has 1 aliphatic rings. The smallest absolute Gasteiger partial charge is 0.321 e. The van der Waals surface area contributed by atoms with Gasteiger partial charge in [0.2, 0.25) is 5.91 Å². The third-order valence-corrected chi connectivity index (χ3v) is 3.49. The summed E-state index contributed by atoms with van der Waals surface area (Å²) in [6, 6.07) is 7.52. The lowest BCUT2D eigenvalue weighted by Gasteiger charge is -2.36. The second-order valence-corrected chi connectivity index (χ2v) is 4.75. The summed E-state index contributed by atoms with van der Waals surface area (Å²) >= 11 is 0. The fourth-order valence-corrected chi connectivity index (χ4v) is 2.22. The van der Waals surface area contributed by atoms with E-state index in [4.69, 9.17) is 4.74 Å². The Morgan fingerprint density at radius 1 is 1.33 bits per heavy atom. The van der Waals surface area contributed by atoms with E-state index in [9.17, 15) is 9.59 Å². The van der Waals surface area contributed by atoms with Crippen LogP contribution in [-0.2, 0) is 14.3 Å². The maximum absolute atomic E-state index is 12.2. The minimum absolute atomic E-state index is 0.258. The number of benzene rings is 1. The van der Waals surface area contributed by atoms with Crippen LogP contribution in [0.3, 0.4) is 0 Å². The average Bonchev–Trinajstić information content (AvgIpc) is 2.27. The number of aryl methyl sites for hydroxylation is 1. The zero-order valence-electron chi connectivity index (χ0n) is 10.7. The van der Waals surface area contributed by atoms with Crippen LogP contribution in [0.25, 0.3) is 0 Å². The number of esters is 1. The van der Waals surface area contributed by atoms with Gasteiger partial charge in [0.15, 0.2) is 0 Å². The van der Waals surface area contributed by atoms with E-state index in [1.807, 2.05) is 31.2 Å². The molecule has 1 aliphatic carbocycles. The van der Waals surface area contributed by atoms with Crippen LogP contribution < -0.4 is 5.32 Å². The first-order valence-electron chi connectivity index (χ1n) is 6.05. The second-order valence-electron chi connectivity index (χ2n) is 4.75. The highest BCUT2D eigenvalue weighted by atomic mass is 16.5. The zero-order chi connectivity index (χ0) is 13.2. The number of nitrogens with one attached hydrogen (secondary N) is 1. The Morgan fingerprint density at radius 3 is 2.56 bits per heavy atom. The molecule has 0 atom stereocenters. The topological polar surface area (TPSA) is 55.4 Å². The molecule has 0 heterocycles. The highest BCUT2D eigenvalue weighted by Gasteiger charge is 2.51. The lowest BCUT2D eigenvalue weighted by molar-refractivity contribution is -0.163. The van der Waals surface area contributed by atoms with E-state index in [1.54, 1.807) is 0 Å². The van der Waals surface area contributed by atoms with Crippen molar-refractivity contribution in [2.24, 2.45) is 5.41 Å². The van der Waals surface area contributed by atoms with Gasteiger partial charge in [-0.15, -0.1) is 0 Å². The van der Waals surface area contributed by atoms with Gasteiger partial charge in [-0.1, -0.05) is 18.6 Å². The van der Waals surface area contributed by atoms with E-state index < -0.39 is 11.4 Å². The summed E-state index contributed by atoms with van der Waals surface area (Å²) in [4.78, 5) is 23.9. The molecule has 0 unspecified atom stereocenters. The predicted molar refractivity (Wildman–Crippen MR) is 68.1 cm³/mol. The Morgan fingerprint density at radius 2 is 2.06 bits per heavy atom. The molecule has 4 heteroatoms. The van der Waals surface area contributed by atoms with Gasteiger partial charge in [0, 0.05) is 5.69 Å². The third-order valence-electron chi connectivity index (χ3n) is 3.49. The van der Waals surface area contributed by atoms with Crippen molar-refractivity contribution in [3.8, 4) is 0 Å². The SMILES string of the molecule is COC(=O)C1(C(=O)Nc2cccc(C)c2)CCC1. The predicted octanol–water partition coefficient (Wildman–Crippen LogP) is 2.28. The summed E-state index contributed by atoms with van der Waals surface area (Å²) in [5.74, 6) is -0.690. The molecule has 0 saturated heterocycles. The van der Waals surface area contributed by atoms with Crippen molar-refractivity contribution in [3.05, 3.63) is 29.8 Å². The normalized spacial score (nSPS) is 16.6. The van der Waals surface area contributed by atoms with Crippen LogP contribution in [0.1, 0.15) is 24.8 Å². The largest absolute Gasteiger partial charge is 0.468 e. The maximum Gasteiger partial charge on any atom is 0.321 e. The first kappa shape index (κ1) is 12.6. The van der Waals surface area contributed by atoms with E-state index in [2.05, 4.69) is 5.32 Å². The standard InChI is InChI=1S/C14H17NO3/c1-10-5-3-6-11(9-10)15-12(16)14(7-4-8-14)13(17)18-2/h3,5-6,9H,4,7-8H2,1-2H3,(H,15,16). The zero-order valence-corrected chi connectivity index (χ0v) is 10.7. The Hall–Kier alpha value is -1.84. The van der Waals surface area contributed by atoms with Gasteiger partial charge in [-0.3, -0.25) is 9.59 Å².